The van der Waals surface area contributed by atoms with Crippen LogP contribution in [0.2, 0.25) is 0 Å². The number of benzene rings is 1. The summed E-state index contributed by atoms with van der Waals surface area (Å²) in [6, 6.07) is 7.43. The largest absolute Gasteiger partial charge is 0.464 e. The number of methoxy groups -OCH3 is 2. The zero-order valence-electron chi connectivity index (χ0n) is 16.0. The molecule has 156 valence electrons. The minimum absolute atomic E-state index is 0.197. The van der Waals surface area contributed by atoms with E-state index in [0.717, 1.165) is 11.0 Å². The Morgan fingerprint density at radius 1 is 0.967 bits per heavy atom. The van der Waals surface area contributed by atoms with Gasteiger partial charge < -0.3 is 9.47 Å². The summed E-state index contributed by atoms with van der Waals surface area (Å²) in [5.74, 6) is -0.914. The number of halogens is 1. The summed E-state index contributed by atoms with van der Waals surface area (Å²) in [5.41, 5.74) is 1.92. The molecule has 0 atom stereocenters. The summed E-state index contributed by atoms with van der Waals surface area (Å²) >= 11 is 5.71. The standard InChI is InChI=1S/C13H11N3O3S.C5H4BrNO2S/c1-15-9-5-3-4-6-10(9)16(13(15)18)12-14-8(7-20-12)11(17)19-2;1-9-4(8)3-2-10-5(6)7-3/h3-7H,1-2H3;2H,1H3. The fraction of sp³-hybridized carbons (Fsp3) is 0.167. The lowest BCUT2D eigenvalue weighted by Crippen LogP contribution is -2.20. The molecular formula is C18H15BrN4O5S2. The predicted molar refractivity (Wildman–Crippen MR) is 117 cm³/mol. The molecule has 4 rings (SSSR count). The number of carbonyl (C=O) groups excluding carboxylic acids is 2. The van der Waals surface area contributed by atoms with Crippen molar-refractivity contribution in [2.24, 2.45) is 7.05 Å². The Balaban J connectivity index is 0.000000216. The van der Waals surface area contributed by atoms with E-state index in [2.05, 4.69) is 35.4 Å². The summed E-state index contributed by atoms with van der Waals surface area (Å²) in [4.78, 5) is 42.5. The number of para-hydroxylation sites is 2. The third-order valence-corrected chi connectivity index (χ3v) is 6.10. The summed E-state index contributed by atoms with van der Waals surface area (Å²) < 4.78 is 12.8. The third-order valence-electron chi connectivity index (χ3n) is 3.91. The van der Waals surface area contributed by atoms with E-state index in [0.29, 0.717) is 14.7 Å². The first kappa shape index (κ1) is 21.9. The minimum atomic E-state index is -0.513. The number of esters is 2. The van der Waals surface area contributed by atoms with Crippen LogP contribution in [0, 0.1) is 0 Å². The Hall–Kier alpha value is -2.83. The molecule has 1 aromatic carbocycles. The van der Waals surface area contributed by atoms with Crippen LogP contribution in [0.15, 0.2) is 43.7 Å². The van der Waals surface area contributed by atoms with Gasteiger partial charge in [0.1, 0.15) is 0 Å². The topological polar surface area (TPSA) is 105 Å². The number of fused-ring (bicyclic) bond motifs is 1. The van der Waals surface area contributed by atoms with Crippen LogP contribution in [0.25, 0.3) is 16.2 Å². The molecule has 0 radical (unpaired) electrons. The molecule has 0 aliphatic rings. The van der Waals surface area contributed by atoms with E-state index < -0.39 is 11.9 Å². The van der Waals surface area contributed by atoms with Crippen LogP contribution in [0.5, 0.6) is 0 Å². The van der Waals surface area contributed by atoms with Gasteiger partial charge in [0, 0.05) is 17.8 Å². The zero-order valence-corrected chi connectivity index (χ0v) is 19.2. The molecule has 0 N–H and O–H groups in total. The van der Waals surface area contributed by atoms with Crippen LogP contribution < -0.4 is 5.69 Å². The number of thiazole rings is 2. The lowest BCUT2D eigenvalue weighted by Gasteiger charge is -1.97. The molecule has 0 saturated carbocycles. The number of ether oxygens (including phenoxy) is 2. The molecule has 0 bridgehead atoms. The van der Waals surface area contributed by atoms with Crippen molar-refractivity contribution in [1.82, 2.24) is 19.1 Å². The van der Waals surface area contributed by atoms with Crippen molar-refractivity contribution in [2.75, 3.05) is 14.2 Å². The van der Waals surface area contributed by atoms with E-state index in [1.54, 1.807) is 22.4 Å². The number of hydrogen-bond donors (Lipinski definition) is 0. The van der Waals surface area contributed by atoms with Crippen LogP contribution in [-0.4, -0.2) is 45.3 Å². The number of nitrogens with zero attached hydrogens (tertiary/aromatic N) is 4. The van der Waals surface area contributed by atoms with Crippen LogP contribution in [0.4, 0.5) is 0 Å². The van der Waals surface area contributed by atoms with Gasteiger partial charge in [0.2, 0.25) is 0 Å². The van der Waals surface area contributed by atoms with Crippen LogP contribution in [-0.2, 0) is 16.5 Å². The number of aromatic nitrogens is 4. The highest BCUT2D eigenvalue weighted by atomic mass is 79.9. The molecule has 9 nitrogen and oxygen atoms in total. The van der Waals surface area contributed by atoms with Crippen molar-refractivity contribution >= 4 is 61.6 Å². The summed E-state index contributed by atoms with van der Waals surface area (Å²) in [6.07, 6.45) is 0. The number of hydrogen-bond acceptors (Lipinski definition) is 9. The molecule has 30 heavy (non-hydrogen) atoms. The summed E-state index contributed by atoms with van der Waals surface area (Å²) in [5, 5.41) is 3.66. The first-order chi connectivity index (χ1) is 14.4. The van der Waals surface area contributed by atoms with E-state index in [1.807, 2.05) is 24.3 Å². The number of aryl methyl sites for hydroxylation is 1. The Morgan fingerprint density at radius 3 is 2.10 bits per heavy atom. The monoisotopic (exact) mass is 510 g/mol. The average molecular weight is 511 g/mol. The Kier molecular flexibility index (Phi) is 6.80. The van der Waals surface area contributed by atoms with E-state index in [4.69, 9.17) is 0 Å². The minimum Gasteiger partial charge on any atom is -0.464 e. The molecule has 0 aliphatic carbocycles. The highest BCUT2D eigenvalue weighted by molar-refractivity contribution is 9.11. The second kappa shape index (κ2) is 9.32. The maximum Gasteiger partial charge on any atom is 0.357 e. The molecule has 0 aliphatic heterocycles. The van der Waals surface area contributed by atoms with Crippen molar-refractivity contribution in [1.29, 1.82) is 0 Å². The second-order valence-electron chi connectivity index (χ2n) is 5.65. The maximum atomic E-state index is 12.3. The van der Waals surface area contributed by atoms with Crippen LogP contribution in [0.1, 0.15) is 21.0 Å². The molecule has 0 amide bonds. The highest BCUT2D eigenvalue weighted by Crippen LogP contribution is 2.20. The van der Waals surface area contributed by atoms with Gasteiger partial charge >= 0.3 is 17.6 Å². The van der Waals surface area contributed by atoms with Crippen molar-refractivity contribution in [3.63, 3.8) is 0 Å². The zero-order chi connectivity index (χ0) is 21.8. The second-order valence-corrected chi connectivity index (χ2v) is 8.62. The lowest BCUT2D eigenvalue weighted by atomic mass is 10.3. The highest BCUT2D eigenvalue weighted by Gasteiger charge is 2.17. The maximum absolute atomic E-state index is 12.3. The smallest absolute Gasteiger partial charge is 0.357 e. The van der Waals surface area contributed by atoms with Crippen molar-refractivity contribution in [3.8, 4) is 5.13 Å². The van der Waals surface area contributed by atoms with Crippen LogP contribution >= 0.6 is 38.6 Å². The molecule has 0 spiro atoms. The average Bonchev–Trinajstić information content (AvgIpc) is 3.47. The van der Waals surface area contributed by atoms with E-state index in [-0.39, 0.29) is 11.4 Å². The van der Waals surface area contributed by atoms with Crippen molar-refractivity contribution in [2.45, 2.75) is 0 Å². The Bertz CT molecular complexity index is 1270. The normalized spacial score (nSPS) is 10.4. The van der Waals surface area contributed by atoms with Crippen molar-refractivity contribution in [3.05, 3.63) is 60.8 Å². The Morgan fingerprint density at radius 2 is 1.53 bits per heavy atom. The molecule has 3 heterocycles. The van der Waals surface area contributed by atoms with Gasteiger partial charge in [-0.05, 0) is 28.1 Å². The van der Waals surface area contributed by atoms with E-state index in [1.165, 1.54) is 41.5 Å². The number of imidazole rings is 1. The fourth-order valence-corrected chi connectivity index (χ4v) is 4.27. The molecule has 3 aromatic heterocycles. The quantitative estimate of drug-likeness (QED) is 0.389. The molecule has 0 saturated heterocycles. The molecule has 12 heteroatoms. The van der Waals surface area contributed by atoms with Gasteiger partial charge in [-0.25, -0.2) is 28.9 Å². The van der Waals surface area contributed by atoms with Gasteiger partial charge in [-0.2, -0.15) is 0 Å². The Labute approximate surface area is 186 Å². The van der Waals surface area contributed by atoms with Crippen LogP contribution in [0.3, 0.4) is 0 Å². The summed E-state index contributed by atoms with van der Waals surface area (Å²) in [6.45, 7) is 0. The van der Waals surface area contributed by atoms with Gasteiger partial charge in [0.05, 0.1) is 25.3 Å². The molecule has 0 unspecified atom stereocenters. The van der Waals surface area contributed by atoms with Gasteiger partial charge in [-0.15, -0.1) is 22.7 Å². The first-order valence-electron chi connectivity index (χ1n) is 8.27. The SMILES string of the molecule is COC(=O)c1csc(-n2c(=O)n(C)c3ccccc32)n1.COC(=O)c1csc(Br)n1. The van der Waals surface area contributed by atoms with Gasteiger partial charge in [0.15, 0.2) is 20.4 Å². The molecule has 4 aromatic rings. The molecular weight excluding hydrogens is 496 g/mol. The molecule has 0 fully saturated rings. The predicted octanol–water partition coefficient (Wildman–Crippen LogP) is 3.26. The lowest BCUT2D eigenvalue weighted by molar-refractivity contribution is 0.0586. The van der Waals surface area contributed by atoms with E-state index in [9.17, 15) is 14.4 Å². The van der Waals surface area contributed by atoms with Gasteiger partial charge in [-0.3, -0.25) is 4.57 Å². The van der Waals surface area contributed by atoms with Gasteiger partial charge in [-0.1, -0.05) is 12.1 Å². The first-order valence-corrected chi connectivity index (χ1v) is 10.8. The summed E-state index contributed by atoms with van der Waals surface area (Å²) in [7, 11) is 4.33. The number of rotatable bonds is 3. The number of carbonyl (C=O) groups is 2. The van der Waals surface area contributed by atoms with Crippen molar-refractivity contribution < 1.29 is 19.1 Å². The van der Waals surface area contributed by atoms with E-state index >= 15 is 0 Å². The van der Waals surface area contributed by atoms with Gasteiger partial charge in [0.25, 0.3) is 0 Å². The third kappa shape index (κ3) is 4.35. The fourth-order valence-electron chi connectivity index (χ4n) is 2.49.